The Morgan fingerprint density at radius 1 is 1.29 bits per heavy atom. The molecule has 1 fully saturated rings. The van der Waals surface area contributed by atoms with Gasteiger partial charge in [-0.25, -0.2) is 9.97 Å². The number of ether oxygens (including phenoxy) is 2. The number of halogens is 2. The van der Waals surface area contributed by atoms with E-state index in [0.29, 0.717) is 16.9 Å². The molecule has 0 saturated carbocycles. The minimum atomic E-state index is -3.72. The van der Waals surface area contributed by atoms with E-state index < -0.39 is 6.29 Å². The van der Waals surface area contributed by atoms with Crippen LogP contribution in [0.2, 0.25) is 0 Å². The van der Waals surface area contributed by atoms with Crippen molar-refractivity contribution in [2.24, 2.45) is 0 Å². The molecule has 5 rings (SSSR count). The molecular formula is C18H20F2N6O2. The summed E-state index contributed by atoms with van der Waals surface area (Å²) in [5.74, 6) is 0.761. The summed E-state index contributed by atoms with van der Waals surface area (Å²) in [7, 11) is 0. The van der Waals surface area contributed by atoms with Gasteiger partial charge in [-0.2, -0.15) is 4.52 Å². The largest absolute Gasteiger partial charge is 0.586 e. The second-order valence-corrected chi connectivity index (χ2v) is 7.27. The van der Waals surface area contributed by atoms with Gasteiger partial charge in [-0.15, -0.1) is 13.9 Å². The molecule has 1 saturated heterocycles. The summed E-state index contributed by atoms with van der Waals surface area (Å²) in [4.78, 5) is 11.4. The van der Waals surface area contributed by atoms with Crippen LogP contribution in [0.1, 0.15) is 37.9 Å². The lowest BCUT2D eigenvalue weighted by Crippen LogP contribution is -2.35. The van der Waals surface area contributed by atoms with Gasteiger partial charge in [-0.3, -0.25) is 0 Å². The molecule has 1 atom stereocenters. The van der Waals surface area contributed by atoms with Crippen molar-refractivity contribution in [3.8, 4) is 11.5 Å². The molecular weight excluding hydrogens is 370 g/mol. The van der Waals surface area contributed by atoms with E-state index in [0.717, 1.165) is 38.9 Å². The maximum atomic E-state index is 13.5. The SMILES string of the molecule is CCCN1CCCC(c2nc3c4ccc5c(c4nc(N)n3n2)OC(F)(F)O5)C1. The molecule has 1 aromatic carbocycles. The number of aromatic nitrogens is 4. The average Bonchev–Trinajstić information content (AvgIpc) is 3.23. The molecule has 0 amide bonds. The van der Waals surface area contributed by atoms with E-state index >= 15 is 0 Å². The van der Waals surface area contributed by atoms with E-state index in [-0.39, 0.29) is 28.9 Å². The minimum absolute atomic E-state index is 0.0645. The fourth-order valence-electron chi connectivity index (χ4n) is 4.07. The van der Waals surface area contributed by atoms with Crippen molar-refractivity contribution in [2.75, 3.05) is 25.4 Å². The minimum Gasteiger partial charge on any atom is -0.395 e. The van der Waals surface area contributed by atoms with Crippen LogP contribution < -0.4 is 15.2 Å². The molecule has 0 radical (unpaired) electrons. The number of anilines is 1. The molecule has 28 heavy (non-hydrogen) atoms. The van der Waals surface area contributed by atoms with Crippen molar-refractivity contribution in [1.29, 1.82) is 0 Å². The summed E-state index contributed by atoms with van der Waals surface area (Å²) < 4.78 is 37.6. The number of rotatable bonds is 3. The first-order valence-corrected chi connectivity index (χ1v) is 9.42. The van der Waals surface area contributed by atoms with Gasteiger partial charge in [0.15, 0.2) is 23.0 Å². The molecule has 10 heteroatoms. The quantitative estimate of drug-likeness (QED) is 0.735. The Balaban J connectivity index is 1.60. The summed E-state index contributed by atoms with van der Waals surface area (Å²) >= 11 is 0. The molecule has 2 aliphatic rings. The van der Waals surface area contributed by atoms with Gasteiger partial charge in [-0.05, 0) is 44.5 Å². The third-order valence-electron chi connectivity index (χ3n) is 5.26. The van der Waals surface area contributed by atoms with Gasteiger partial charge < -0.3 is 20.1 Å². The lowest BCUT2D eigenvalue weighted by Gasteiger charge is -2.30. The first kappa shape index (κ1) is 17.4. The van der Waals surface area contributed by atoms with Crippen LogP contribution in [-0.4, -0.2) is 50.4 Å². The van der Waals surface area contributed by atoms with Crippen molar-refractivity contribution in [3.05, 3.63) is 18.0 Å². The summed E-state index contributed by atoms with van der Waals surface area (Å²) in [6.07, 6.45) is -0.531. The Hall–Kier alpha value is -2.75. The van der Waals surface area contributed by atoms with E-state index in [9.17, 15) is 8.78 Å². The van der Waals surface area contributed by atoms with Gasteiger partial charge in [0.2, 0.25) is 5.95 Å². The third kappa shape index (κ3) is 2.70. The summed E-state index contributed by atoms with van der Waals surface area (Å²) in [6.45, 7) is 5.20. The molecule has 0 aliphatic carbocycles. The summed E-state index contributed by atoms with van der Waals surface area (Å²) in [5, 5.41) is 5.11. The van der Waals surface area contributed by atoms with Crippen LogP contribution >= 0.6 is 0 Å². The highest BCUT2D eigenvalue weighted by atomic mass is 19.3. The van der Waals surface area contributed by atoms with Crippen molar-refractivity contribution in [1.82, 2.24) is 24.5 Å². The highest BCUT2D eigenvalue weighted by molar-refractivity contribution is 5.97. The first-order chi connectivity index (χ1) is 13.4. The number of nitrogens with two attached hydrogens (primary N) is 1. The Bertz CT molecular complexity index is 1070. The standard InChI is InChI=1S/C18H20F2N6O2/c1-2-7-25-8-3-4-10(9-25)15-23-16-11-5-6-12-14(28-18(19,20)27-12)13(11)22-17(21)26(16)24-15/h5-6,10H,2-4,7-9H2,1H3,(H2,21,22). The van der Waals surface area contributed by atoms with Gasteiger partial charge in [0.1, 0.15) is 5.52 Å². The molecule has 0 bridgehead atoms. The Labute approximate surface area is 159 Å². The average molecular weight is 390 g/mol. The zero-order valence-corrected chi connectivity index (χ0v) is 15.4. The van der Waals surface area contributed by atoms with Crippen molar-refractivity contribution in [3.63, 3.8) is 0 Å². The van der Waals surface area contributed by atoms with Crippen LogP contribution in [0.4, 0.5) is 14.7 Å². The lowest BCUT2D eigenvalue weighted by molar-refractivity contribution is -0.286. The van der Waals surface area contributed by atoms with Crippen LogP contribution in [0.5, 0.6) is 11.5 Å². The molecule has 4 heterocycles. The van der Waals surface area contributed by atoms with Crippen LogP contribution in [-0.2, 0) is 0 Å². The maximum absolute atomic E-state index is 13.5. The van der Waals surface area contributed by atoms with Gasteiger partial charge >= 0.3 is 6.29 Å². The topological polar surface area (TPSA) is 90.8 Å². The number of alkyl halides is 2. The molecule has 2 aromatic heterocycles. The Kier molecular flexibility index (Phi) is 3.80. The predicted octanol–water partition coefficient (Wildman–Crippen LogP) is 2.77. The fraction of sp³-hybridized carbons (Fsp3) is 0.500. The third-order valence-corrected chi connectivity index (χ3v) is 5.26. The second-order valence-electron chi connectivity index (χ2n) is 7.27. The lowest BCUT2D eigenvalue weighted by atomic mass is 9.97. The number of hydrogen-bond donors (Lipinski definition) is 1. The van der Waals surface area contributed by atoms with E-state index in [1.807, 2.05) is 0 Å². The van der Waals surface area contributed by atoms with Crippen LogP contribution in [0, 0.1) is 0 Å². The Morgan fingerprint density at radius 2 is 2.14 bits per heavy atom. The number of nitrogen functional groups attached to an aromatic ring is 1. The highest BCUT2D eigenvalue weighted by Crippen LogP contribution is 2.45. The molecule has 148 valence electrons. The van der Waals surface area contributed by atoms with Gasteiger partial charge in [0.25, 0.3) is 0 Å². The smallest absolute Gasteiger partial charge is 0.395 e. The number of nitrogens with zero attached hydrogens (tertiary/aromatic N) is 5. The van der Waals surface area contributed by atoms with Gasteiger partial charge in [0, 0.05) is 17.8 Å². The predicted molar refractivity (Wildman–Crippen MR) is 97.6 cm³/mol. The number of benzene rings is 1. The first-order valence-electron chi connectivity index (χ1n) is 9.42. The number of hydrogen-bond acceptors (Lipinski definition) is 7. The van der Waals surface area contributed by atoms with E-state index in [1.165, 1.54) is 10.6 Å². The van der Waals surface area contributed by atoms with E-state index in [4.69, 9.17) is 10.7 Å². The maximum Gasteiger partial charge on any atom is 0.586 e. The zero-order valence-electron chi connectivity index (χ0n) is 15.4. The highest BCUT2D eigenvalue weighted by Gasteiger charge is 2.45. The molecule has 0 spiro atoms. The van der Waals surface area contributed by atoms with E-state index in [1.54, 1.807) is 6.07 Å². The normalized spacial score (nSPS) is 21.6. The van der Waals surface area contributed by atoms with Gasteiger partial charge in [0.05, 0.1) is 0 Å². The van der Waals surface area contributed by atoms with Crippen LogP contribution in [0.25, 0.3) is 16.6 Å². The number of fused-ring (bicyclic) bond motifs is 5. The molecule has 3 aromatic rings. The monoisotopic (exact) mass is 390 g/mol. The molecule has 2 N–H and O–H groups in total. The Morgan fingerprint density at radius 3 is 2.96 bits per heavy atom. The van der Waals surface area contributed by atoms with Crippen LogP contribution in [0.15, 0.2) is 12.1 Å². The molecule has 8 nitrogen and oxygen atoms in total. The second kappa shape index (κ2) is 6.13. The number of piperidine rings is 1. The molecule has 2 aliphatic heterocycles. The van der Waals surface area contributed by atoms with Gasteiger partial charge in [-0.1, -0.05) is 6.92 Å². The molecule has 1 unspecified atom stereocenters. The fourth-order valence-corrected chi connectivity index (χ4v) is 4.07. The summed E-state index contributed by atoms with van der Waals surface area (Å²) in [5.41, 5.74) is 6.73. The van der Waals surface area contributed by atoms with Crippen molar-refractivity contribution >= 4 is 22.5 Å². The van der Waals surface area contributed by atoms with Crippen LogP contribution in [0.3, 0.4) is 0 Å². The number of likely N-dealkylation sites (tertiary alicyclic amines) is 1. The summed E-state index contributed by atoms with van der Waals surface area (Å²) in [6, 6.07) is 3.05. The van der Waals surface area contributed by atoms with E-state index in [2.05, 4.69) is 31.4 Å². The van der Waals surface area contributed by atoms with Crippen molar-refractivity contribution < 1.29 is 18.3 Å². The zero-order chi connectivity index (χ0) is 19.5. The van der Waals surface area contributed by atoms with Crippen molar-refractivity contribution in [2.45, 2.75) is 38.4 Å².